The minimum Gasteiger partial charge on any atom is -0.374 e. The number of rotatable bonds is 7. The molecule has 22 heavy (non-hydrogen) atoms. The van der Waals surface area contributed by atoms with Gasteiger partial charge in [0.25, 0.3) is 0 Å². The largest absolute Gasteiger partial charge is 0.374 e. The average molecular weight is 297 g/mol. The monoisotopic (exact) mass is 297 g/mol. The lowest BCUT2D eigenvalue weighted by molar-refractivity contribution is 0.0657. The molecular formula is C18H23N3O. The second kappa shape index (κ2) is 6.88. The molecule has 0 unspecified atom stereocenters. The number of hydrogen-bond acceptors (Lipinski definition) is 4. The Bertz CT molecular complexity index is 606. The zero-order chi connectivity index (χ0) is 15.4. The van der Waals surface area contributed by atoms with Crippen LogP contribution in [0.3, 0.4) is 0 Å². The molecule has 1 aromatic carbocycles. The first kappa shape index (κ1) is 15.0. The van der Waals surface area contributed by atoms with Crippen LogP contribution in [0.5, 0.6) is 0 Å². The Balaban J connectivity index is 1.53. The fourth-order valence-electron chi connectivity index (χ4n) is 2.22. The second-order valence-corrected chi connectivity index (χ2v) is 6.10. The first-order valence-corrected chi connectivity index (χ1v) is 7.97. The number of ether oxygens (including phenoxy) is 1. The molecule has 1 N–H and O–H groups in total. The molecule has 2 aromatic rings. The molecule has 3 rings (SSSR count). The highest BCUT2D eigenvalue weighted by Gasteiger charge is 2.26. The van der Waals surface area contributed by atoms with Crippen molar-refractivity contribution >= 4 is 5.82 Å². The van der Waals surface area contributed by atoms with Crippen molar-refractivity contribution in [2.24, 2.45) is 0 Å². The van der Waals surface area contributed by atoms with Crippen molar-refractivity contribution in [1.82, 2.24) is 9.97 Å². The van der Waals surface area contributed by atoms with E-state index in [1.165, 1.54) is 24.0 Å². The third-order valence-electron chi connectivity index (χ3n) is 3.70. The van der Waals surface area contributed by atoms with E-state index in [9.17, 15) is 0 Å². The van der Waals surface area contributed by atoms with E-state index in [1.54, 1.807) is 0 Å². The Kier molecular flexibility index (Phi) is 4.68. The van der Waals surface area contributed by atoms with Gasteiger partial charge < -0.3 is 10.1 Å². The van der Waals surface area contributed by atoms with Gasteiger partial charge in [-0.2, -0.15) is 0 Å². The van der Waals surface area contributed by atoms with Crippen molar-refractivity contribution in [3.05, 3.63) is 53.5 Å². The van der Waals surface area contributed by atoms with Crippen LogP contribution in [0, 0.1) is 0 Å². The van der Waals surface area contributed by atoms with Gasteiger partial charge in [0.2, 0.25) is 0 Å². The molecule has 0 spiro atoms. The summed E-state index contributed by atoms with van der Waals surface area (Å²) in [6, 6.07) is 10.4. The molecule has 0 bridgehead atoms. The first-order valence-electron chi connectivity index (χ1n) is 7.97. The smallest absolute Gasteiger partial charge is 0.133 e. The number of nitrogens with one attached hydrogen (secondary N) is 1. The molecule has 116 valence electrons. The predicted octanol–water partition coefficient (Wildman–Crippen LogP) is 3.89. The molecule has 4 nitrogen and oxygen atoms in total. The first-order chi connectivity index (χ1) is 10.7. The van der Waals surface area contributed by atoms with Crippen LogP contribution in [0.2, 0.25) is 0 Å². The Morgan fingerprint density at radius 2 is 1.86 bits per heavy atom. The second-order valence-electron chi connectivity index (χ2n) is 6.10. The van der Waals surface area contributed by atoms with E-state index < -0.39 is 0 Å². The summed E-state index contributed by atoms with van der Waals surface area (Å²) in [6.45, 7) is 5.54. The van der Waals surface area contributed by atoms with Crippen LogP contribution < -0.4 is 5.32 Å². The van der Waals surface area contributed by atoms with E-state index in [0.717, 1.165) is 18.2 Å². The summed E-state index contributed by atoms with van der Waals surface area (Å²) in [6.07, 6.45) is 4.56. The van der Waals surface area contributed by atoms with E-state index >= 15 is 0 Å². The Morgan fingerprint density at radius 1 is 1.14 bits per heavy atom. The molecular weight excluding hydrogens is 274 g/mol. The fraction of sp³-hybridized carbons (Fsp3) is 0.444. The van der Waals surface area contributed by atoms with Crippen LogP contribution in [-0.4, -0.2) is 16.1 Å². The topological polar surface area (TPSA) is 47.0 Å². The molecule has 1 aromatic heterocycles. The number of benzene rings is 1. The van der Waals surface area contributed by atoms with E-state index in [0.29, 0.717) is 12.5 Å². The van der Waals surface area contributed by atoms with E-state index in [1.807, 2.05) is 12.3 Å². The lowest BCUT2D eigenvalue weighted by Gasteiger charge is -2.09. The van der Waals surface area contributed by atoms with Gasteiger partial charge in [-0.05, 0) is 43.9 Å². The number of aromatic nitrogens is 2. The quantitative estimate of drug-likeness (QED) is 0.842. The summed E-state index contributed by atoms with van der Waals surface area (Å²) in [5.41, 5.74) is 2.44. The zero-order valence-electron chi connectivity index (χ0n) is 13.2. The molecule has 0 amide bonds. The van der Waals surface area contributed by atoms with Gasteiger partial charge in [-0.3, -0.25) is 0 Å². The predicted molar refractivity (Wildman–Crippen MR) is 87.7 cm³/mol. The third kappa shape index (κ3) is 4.28. The summed E-state index contributed by atoms with van der Waals surface area (Å²) in [5, 5.41) is 3.37. The van der Waals surface area contributed by atoms with Crippen molar-refractivity contribution in [2.45, 2.75) is 51.9 Å². The van der Waals surface area contributed by atoms with Crippen molar-refractivity contribution in [3.63, 3.8) is 0 Å². The molecule has 1 fully saturated rings. The fourth-order valence-corrected chi connectivity index (χ4v) is 2.22. The highest BCUT2D eigenvalue weighted by Crippen LogP contribution is 2.38. The van der Waals surface area contributed by atoms with Gasteiger partial charge in [-0.15, -0.1) is 0 Å². The van der Waals surface area contributed by atoms with Gasteiger partial charge in [0.05, 0.1) is 12.7 Å². The van der Waals surface area contributed by atoms with Crippen LogP contribution in [-0.2, 0) is 17.9 Å². The van der Waals surface area contributed by atoms with E-state index in [-0.39, 0.29) is 6.10 Å². The SMILES string of the molecule is CC(C)OCc1ccc(CNc2ccnc(C3CC3)n2)cc1. The van der Waals surface area contributed by atoms with E-state index in [2.05, 4.69) is 53.4 Å². The van der Waals surface area contributed by atoms with Crippen LogP contribution in [0.4, 0.5) is 5.82 Å². The maximum absolute atomic E-state index is 5.61. The molecule has 0 aliphatic heterocycles. The number of nitrogens with zero attached hydrogens (tertiary/aromatic N) is 2. The van der Waals surface area contributed by atoms with Gasteiger partial charge in [-0.1, -0.05) is 24.3 Å². The van der Waals surface area contributed by atoms with Crippen LogP contribution >= 0.6 is 0 Å². The summed E-state index contributed by atoms with van der Waals surface area (Å²) in [4.78, 5) is 8.91. The summed E-state index contributed by atoms with van der Waals surface area (Å²) in [5.74, 6) is 2.47. The molecule has 1 saturated carbocycles. The normalized spacial score (nSPS) is 14.3. The Hall–Kier alpha value is -1.94. The Morgan fingerprint density at radius 3 is 2.55 bits per heavy atom. The van der Waals surface area contributed by atoms with Gasteiger partial charge in [-0.25, -0.2) is 9.97 Å². The lowest BCUT2D eigenvalue weighted by atomic mass is 10.1. The van der Waals surface area contributed by atoms with Crippen molar-refractivity contribution in [1.29, 1.82) is 0 Å². The van der Waals surface area contributed by atoms with Gasteiger partial charge in [0, 0.05) is 18.7 Å². The molecule has 0 radical (unpaired) electrons. The highest BCUT2D eigenvalue weighted by molar-refractivity contribution is 5.35. The van der Waals surface area contributed by atoms with E-state index in [4.69, 9.17) is 4.74 Å². The molecule has 1 aliphatic rings. The van der Waals surface area contributed by atoms with Crippen LogP contribution in [0.15, 0.2) is 36.5 Å². The minimum atomic E-state index is 0.264. The van der Waals surface area contributed by atoms with Gasteiger partial charge in [0.1, 0.15) is 11.6 Å². The van der Waals surface area contributed by atoms with Crippen molar-refractivity contribution < 1.29 is 4.74 Å². The zero-order valence-corrected chi connectivity index (χ0v) is 13.2. The highest BCUT2D eigenvalue weighted by atomic mass is 16.5. The molecule has 4 heteroatoms. The average Bonchev–Trinajstić information content (AvgIpc) is 3.37. The van der Waals surface area contributed by atoms with Crippen LogP contribution in [0.25, 0.3) is 0 Å². The summed E-state index contributed by atoms with van der Waals surface area (Å²) >= 11 is 0. The molecule has 1 heterocycles. The standard InChI is InChI=1S/C18H23N3O/c1-13(2)22-12-15-5-3-14(4-6-15)11-20-17-9-10-19-18(21-17)16-7-8-16/h3-6,9-10,13,16H,7-8,11-12H2,1-2H3,(H,19,20,21). The van der Waals surface area contributed by atoms with Gasteiger partial charge >= 0.3 is 0 Å². The molecule has 1 aliphatic carbocycles. The Labute approximate surface area is 132 Å². The minimum absolute atomic E-state index is 0.264. The summed E-state index contributed by atoms with van der Waals surface area (Å²) in [7, 11) is 0. The van der Waals surface area contributed by atoms with Crippen LogP contribution in [0.1, 0.15) is 49.6 Å². The molecule has 0 saturated heterocycles. The van der Waals surface area contributed by atoms with Crippen molar-refractivity contribution in [3.8, 4) is 0 Å². The maximum atomic E-state index is 5.61. The lowest BCUT2D eigenvalue weighted by Crippen LogP contribution is -2.04. The third-order valence-corrected chi connectivity index (χ3v) is 3.70. The maximum Gasteiger partial charge on any atom is 0.133 e. The van der Waals surface area contributed by atoms with Gasteiger partial charge in [0.15, 0.2) is 0 Å². The number of hydrogen-bond donors (Lipinski definition) is 1. The number of anilines is 1. The van der Waals surface area contributed by atoms with Crippen molar-refractivity contribution in [2.75, 3.05) is 5.32 Å². The summed E-state index contributed by atoms with van der Waals surface area (Å²) < 4.78 is 5.61. The molecule has 0 atom stereocenters.